The van der Waals surface area contributed by atoms with Crippen molar-refractivity contribution in [2.45, 2.75) is 6.92 Å². The number of hydrogen-bond donors (Lipinski definition) is 2. The Kier molecular flexibility index (Phi) is 5.96. The van der Waals surface area contributed by atoms with Crippen molar-refractivity contribution in [3.63, 3.8) is 0 Å². The van der Waals surface area contributed by atoms with Crippen LogP contribution in [0.2, 0.25) is 0 Å². The van der Waals surface area contributed by atoms with Crippen molar-refractivity contribution in [1.29, 1.82) is 0 Å². The minimum absolute atomic E-state index is 0.170. The molecule has 1 heterocycles. The van der Waals surface area contributed by atoms with E-state index in [2.05, 4.69) is 16.7 Å². The van der Waals surface area contributed by atoms with E-state index in [9.17, 15) is 10.2 Å². The van der Waals surface area contributed by atoms with Crippen LogP contribution in [0.25, 0.3) is 11.3 Å². The Bertz CT molecular complexity index is 1080. The van der Waals surface area contributed by atoms with E-state index in [0.29, 0.717) is 12.1 Å². The predicted octanol–water partition coefficient (Wildman–Crippen LogP) is 4.00. The highest BCUT2D eigenvalue weighted by atomic mass is 32.1. The van der Waals surface area contributed by atoms with Gasteiger partial charge in [-0.3, -0.25) is 4.99 Å². The second kappa shape index (κ2) is 8.58. The van der Waals surface area contributed by atoms with E-state index in [0.717, 1.165) is 27.4 Å². The summed E-state index contributed by atoms with van der Waals surface area (Å²) in [4.78, 5) is 5.31. The van der Waals surface area contributed by atoms with Gasteiger partial charge >= 0.3 is 0 Å². The van der Waals surface area contributed by atoms with E-state index in [1.807, 2.05) is 36.6 Å². The van der Waals surface area contributed by atoms with Crippen LogP contribution in [0.3, 0.4) is 0 Å². The highest BCUT2D eigenvalue weighted by molar-refractivity contribution is 7.07. The van der Waals surface area contributed by atoms with Crippen LogP contribution in [0.15, 0.2) is 70.1 Å². The summed E-state index contributed by atoms with van der Waals surface area (Å²) in [5.74, 6) is 0.416. The maximum Gasteiger partial charge on any atom is 0.206 e. The Balaban J connectivity index is 2.05. The first-order chi connectivity index (χ1) is 13.5. The summed E-state index contributed by atoms with van der Waals surface area (Å²) in [6.07, 6.45) is 1.61. The molecule has 0 aliphatic carbocycles. The lowest BCUT2D eigenvalue weighted by atomic mass is 10.2. The summed E-state index contributed by atoms with van der Waals surface area (Å²) in [7, 11) is 1.63. The zero-order valence-electron chi connectivity index (χ0n) is 15.7. The van der Waals surface area contributed by atoms with Crippen molar-refractivity contribution in [2.75, 3.05) is 13.7 Å². The normalized spacial score (nSPS) is 11.9. The number of rotatable bonds is 6. The minimum Gasteiger partial charge on any atom is -0.504 e. The number of hydrogen-bond acceptors (Lipinski definition) is 6. The Labute approximate surface area is 167 Å². The van der Waals surface area contributed by atoms with Gasteiger partial charge in [0.15, 0.2) is 11.5 Å². The fraction of sp³-hybridized carbons (Fsp3) is 0.143. The third kappa shape index (κ3) is 4.50. The predicted molar refractivity (Wildman–Crippen MR) is 112 cm³/mol. The summed E-state index contributed by atoms with van der Waals surface area (Å²) in [5.41, 5.74) is 3.46. The molecule has 0 fully saturated rings. The minimum atomic E-state index is -0.193. The highest BCUT2D eigenvalue weighted by Gasteiger charge is 2.08. The average Bonchev–Trinajstić information content (AvgIpc) is 3.10. The molecule has 0 radical (unpaired) electrons. The third-order valence-electron chi connectivity index (χ3n) is 3.88. The van der Waals surface area contributed by atoms with Gasteiger partial charge in [0, 0.05) is 10.9 Å². The summed E-state index contributed by atoms with van der Waals surface area (Å²) < 4.78 is 6.97. The number of phenols is 2. The highest BCUT2D eigenvalue weighted by Crippen LogP contribution is 2.25. The van der Waals surface area contributed by atoms with Crippen LogP contribution in [0.5, 0.6) is 17.2 Å². The topological polar surface area (TPSA) is 79.3 Å². The molecule has 2 aromatic carbocycles. The first-order valence-corrected chi connectivity index (χ1v) is 9.42. The van der Waals surface area contributed by atoms with Crippen LogP contribution in [-0.4, -0.2) is 34.8 Å². The molecule has 0 aliphatic rings. The Hall–Kier alpha value is -3.32. The zero-order chi connectivity index (χ0) is 20.1. The number of aromatic nitrogens is 1. The quantitative estimate of drug-likeness (QED) is 0.376. The van der Waals surface area contributed by atoms with E-state index in [1.54, 1.807) is 24.1 Å². The van der Waals surface area contributed by atoms with Gasteiger partial charge < -0.3 is 14.9 Å². The molecule has 3 aromatic rings. The number of aromatic hydroxyl groups is 2. The SMILES string of the molecule is C=C(C)CN=c1scc(-c2ccc(OC)cc2)n1N=Cc1ccc(O)c(O)c1. The second-order valence-electron chi connectivity index (χ2n) is 6.21. The van der Waals surface area contributed by atoms with Gasteiger partial charge in [-0.1, -0.05) is 12.2 Å². The van der Waals surface area contributed by atoms with Crippen molar-refractivity contribution in [3.05, 3.63) is 70.4 Å². The molecule has 0 aliphatic heterocycles. The van der Waals surface area contributed by atoms with Crippen molar-refractivity contribution in [1.82, 2.24) is 4.68 Å². The van der Waals surface area contributed by atoms with Crippen LogP contribution in [-0.2, 0) is 0 Å². The molecule has 0 saturated carbocycles. The standard InChI is InChI=1S/C21H21N3O3S/c1-14(2)11-22-21-24(23-12-15-4-9-19(25)20(26)10-15)18(13-28-21)16-5-7-17(27-3)8-6-16/h4-10,12-13,25-26H,1,11H2,2-3H3. The molecule has 0 amide bonds. The zero-order valence-corrected chi connectivity index (χ0v) is 16.5. The van der Waals surface area contributed by atoms with Gasteiger partial charge in [-0.2, -0.15) is 5.10 Å². The first kappa shape index (κ1) is 19.4. The first-order valence-electron chi connectivity index (χ1n) is 8.54. The molecular weight excluding hydrogens is 374 g/mol. The number of phenolic OH excluding ortho intramolecular Hbond substituents is 2. The molecule has 0 saturated heterocycles. The van der Waals surface area contributed by atoms with Gasteiger partial charge in [0.1, 0.15) is 5.75 Å². The van der Waals surface area contributed by atoms with E-state index in [-0.39, 0.29) is 11.5 Å². The van der Waals surface area contributed by atoms with Crippen LogP contribution in [0, 0.1) is 0 Å². The van der Waals surface area contributed by atoms with Crippen molar-refractivity contribution < 1.29 is 14.9 Å². The molecule has 0 spiro atoms. The molecule has 0 atom stereocenters. The van der Waals surface area contributed by atoms with Crippen LogP contribution in [0.4, 0.5) is 0 Å². The molecule has 6 nitrogen and oxygen atoms in total. The van der Waals surface area contributed by atoms with Gasteiger partial charge in [-0.05, 0) is 55.0 Å². The molecule has 2 N–H and O–H groups in total. The lowest BCUT2D eigenvalue weighted by molar-refractivity contribution is 0.403. The molecular formula is C21H21N3O3S. The monoisotopic (exact) mass is 395 g/mol. The van der Waals surface area contributed by atoms with E-state index < -0.39 is 0 Å². The summed E-state index contributed by atoms with van der Waals surface area (Å²) in [6.45, 7) is 6.33. The fourth-order valence-electron chi connectivity index (χ4n) is 2.43. The van der Waals surface area contributed by atoms with Crippen molar-refractivity contribution in [3.8, 4) is 28.5 Å². The maximum absolute atomic E-state index is 9.68. The third-order valence-corrected chi connectivity index (χ3v) is 4.73. The molecule has 144 valence electrons. The Morgan fingerprint density at radius 2 is 1.93 bits per heavy atom. The second-order valence-corrected chi connectivity index (χ2v) is 7.05. The molecule has 1 aromatic heterocycles. The summed E-state index contributed by atoms with van der Waals surface area (Å²) >= 11 is 1.48. The van der Waals surface area contributed by atoms with Crippen LogP contribution in [0.1, 0.15) is 12.5 Å². The van der Waals surface area contributed by atoms with E-state index in [1.165, 1.54) is 23.5 Å². The lowest BCUT2D eigenvalue weighted by Gasteiger charge is -2.05. The molecule has 0 unspecified atom stereocenters. The number of benzene rings is 2. The summed E-state index contributed by atoms with van der Waals surface area (Å²) in [6, 6.07) is 12.2. The lowest BCUT2D eigenvalue weighted by Crippen LogP contribution is -2.13. The smallest absolute Gasteiger partial charge is 0.206 e. The maximum atomic E-state index is 9.68. The molecule has 28 heavy (non-hydrogen) atoms. The molecule has 7 heteroatoms. The number of thiazole rings is 1. The fourth-order valence-corrected chi connectivity index (χ4v) is 3.26. The van der Waals surface area contributed by atoms with Crippen molar-refractivity contribution in [2.24, 2.45) is 10.1 Å². The van der Waals surface area contributed by atoms with Crippen LogP contribution >= 0.6 is 11.3 Å². The largest absolute Gasteiger partial charge is 0.504 e. The average molecular weight is 395 g/mol. The molecule has 0 bridgehead atoms. The van der Waals surface area contributed by atoms with Gasteiger partial charge in [0.25, 0.3) is 0 Å². The number of methoxy groups -OCH3 is 1. The van der Waals surface area contributed by atoms with Gasteiger partial charge in [0.05, 0.1) is 25.6 Å². The van der Waals surface area contributed by atoms with Gasteiger partial charge in [-0.25, -0.2) is 4.68 Å². The van der Waals surface area contributed by atoms with Gasteiger partial charge in [-0.15, -0.1) is 11.3 Å². The molecule has 3 rings (SSSR count). The van der Waals surface area contributed by atoms with E-state index in [4.69, 9.17) is 4.74 Å². The van der Waals surface area contributed by atoms with E-state index >= 15 is 0 Å². The number of nitrogens with zero attached hydrogens (tertiary/aromatic N) is 3. The Morgan fingerprint density at radius 3 is 2.57 bits per heavy atom. The number of ether oxygens (including phenoxy) is 1. The van der Waals surface area contributed by atoms with Crippen LogP contribution < -0.4 is 9.54 Å². The Morgan fingerprint density at radius 1 is 1.18 bits per heavy atom. The summed E-state index contributed by atoms with van der Waals surface area (Å²) in [5, 5.41) is 25.7. The van der Waals surface area contributed by atoms with Gasteiger partial charge in [0.2, 0.25) is 4.80 Å². The van der Waals surface area contributed by atoms with Crippen molar-refractivity contribution >= 4 is 17.6 Å².